The lowest BCUT2D eigenvalue weighted by atomic mass is 10.1. The summed E-state index contributed by atoms with van der Waals surface area (Å²) in [6, 6.07) is 8.31. The van der Waals surface area contributed by atoms with Gasteiger partial charge in [0.2, 0.25) is 0 Å². The van der Waals surface area contributed by atoms with Gasteiger partial charge in [-0.2, -0.15) is 13.2 Å². The molecule has 0 saturated carbocycles. The van der Waals surface area contributed by atoms with E-state index < -0.39 is 28.9 Å². The first-order valence-corrected chi connectivity index (χ1v) is 8.72. The molecule has 1 unspecified atom stereocenters. The van der Waals surface area contributed by atoms with E-state index in [4.69, 9.17) is 16.3 Å². The second-order valence-corrected chi connectivity index (χ2v) is 6.59. The maximum absolute atomic E-state index is 13.1. The molecule has 1 aliphatic heterocycles. The Morgan fingerprint density at radius 1 is 1.26 bits per heavy atom. The Labute approximate surface area is 159 Å². The summed E-state index contributed by atoms with van der Waals surface area (Å²) in [4.78, 5) is 13.9. The van der Waals surface area contributed by atoms with Crippen molar-refractivity contribution in [3.05, 3.63) is 63.7 Å². The van der Waals surface area contributed by atoms with E-state index in [1.807, 2.05) is 6.92 Å². The van der Waals surface area contributed by atoms with Gasteiger partial charge in [-0.3, -0.25) is 4.79 Å². The van der Waals surface area contributed by atoms with Crippen LogP contribution in [-0.2, 0) is 12.7 Å². The molecule has 27 heavy (non-hydrogen) atoms. The molecule has 1 atom stereocenters. The summed E-state index contributed by atoms with van der Waals surface area (Å²) in [5.41, 5.74) is -0.155. The standard InChI is InChI=1S/C19H17ClF3NO3/c1-2-8-27-15-5-3-4-12-16(15)18(26)24(17(12)25)10-11-6-7-14(20)13(9-11)19(21,22)23/h3-7,9,17,25H,2,8,10H2,1H3. The molecule has 1 heterocycles. The zero-order valence-corrected chi connectivity index (χ0v) is 15.1. The van der Waals surface area contributed by atoms with Gasteiger partial charge in [0.15, 0.2) is 6.23 Å². The minimum atomic E-state index is -4.61. The maximum atomic E-state index is 13.1. The van der Waals surface area contributed by atoms with Gasteiger partial charge in [0, 0.05) is 12.1 Å². The molecular formula is C19H17ClF3NO3. The molecule has 2 aromatic carbocycles. The molecule has 1 amide bonds. The Morgan fingerprint density at radius 3 is 2.67 bits per heavy atom. The monoisotopic (exact) mass is 399 g/mol. The molecule has 0 spiro atoms. The number of carbonyl (C=O) groups excluding carboxylic acids is 1. The lowest BCUT2D eigenvalue weighted by Crippen LogP contribution is -2.27. The largest absolute Gasteiger partial charge is 0.493 e. The SMILES string of the molecule is CCCOc1cccc2c1C(=O)N(Cc1ccc(Cl)c(C(F)(F)F)c1)C2O. The predicted octanol–water partition coefficient (Wildman–Crippen LogP) is 4.79. The number of amides is 1. The van der Waals surface area contributed by atoms with E-state index in [1.54, 1.807) is 18.2 Å². The first kappa shape index (κ1) is 19.5. The van der Waals surface area contributed by atoms with Gasteiger partial charge in [-0.05, 0) is 30.2 Å². The molecule has 0 saturated heterocycles. The number of halogens is 4. The van der Waals surface area contributed by atoms with E-state index in [0.29, 0.717) is 17.9 Å². The van der Waals surface area contributed by atoms with Crippen LogP contribution in [0.4, 0.5) is 13.2 Å². The molecule has 0 aliphatic carbocycles. The fraction of sp³-hybridized carbons (Fsp3) is 0.316. The van der Waals surface area contributed by atoms with Crippen molar-refractivity contribution in [2.45, 2.75) is 32.3 Å². The molecule has 3 rings (SSSR count). The van der Waals surface area contributed by atoms with Gasteiger partial charge < -0.3 is 14.7 Å². The molecule has 0 radical (unpaired) electrons. The molecule has 1 aliphatic rings. The highest BCUT2D eigenvalue weighted by molar-refractivity contribution is 6.31. The van der Waals surface area contributed by atoms with E-state index in [2.05, 4.69) is 0 Å². The van der Waals surface area contributed by atoms with Crippen molar-refractivity contribution in [3.8, 4) is 5.75 Å². The molecule has 0 aromatic heterocycles. The normalized spacial score (nSPS) is 16.6. The molecule has 1 N–H and O–H groups in total. The van der Waals surface area contributed by atoms with Crippen LogP contribution in [0, 0.1) is 0 Å². The summed E-state index contributed by atoms with van der Waals surface area (Å²) >= 11 is 5.63. The van der Waals surface area contributed by atoms with Crippen LogP contribution in [0.5, 0.6) is 5.75 Å². The topological polar surface area (TPSA) is 49.8 Å². The summed E-state index contributed by atoms with van der Waals surface area (Å²) in [6.07, 6.45) is -5.12. The Kier molecular flexibility index (Phi) is 5.35. The lowest BCUT2D eigenvalue weighted by Gasteiger charge is -2.21. The number of rotatable bonds is 5. The number of hydrogen-bond acceptors (Lipinski definition) is 3. The van der Waals surface area contributed by atoms with Crippen molar-refractivity contribution >= 4 is 17.5 Å². The van der Waals surface area contributed by atoms with Crippen LogP contribution in [0.15, 0.2) is 36.4 Å². The van der Waals surface area contributed by atoms with Crippen molar-refractivity contribution < 1.29 is 27.8 Å². The lowest BCUT2D eigenvalue weighted by molar-refractivity contribution is -0.137. The van der Waals surface area contributed by atoms with Crippen molar-refractivity contribution in [2.75, 3.05) is 6.61 Å². The minimum absolute atomic E-state index is 0.192. The average Bonchev–Trinajstić information content (AvgIpc) is 2.86. The number of benzene rings is 2. The van der Waals surface area contributed by atoms with Gasteiger partial charge in [0.25, 0.3) is 5.91 Å². The summed E-state index contributed by atoms with van der Waals surface area (Å²) in [5.74, 6) is -0.138. The van der Waals surface area contributed by atoms with Crippen molar-refractivity contribution in [3.63, 3.8) is 0 Å². The summed E-state index contributed by atoms with van der Waals surface area (Å²) in [6.45, 7) is 2.14. The molecule has 8 heteroatoms. The Morgan fingerprint density at radius 2 is 2.00 bits per heavy atom. The van der Waals surface area contributed by atoms with Crippen LogP contribution in [0.1, 0.15) is 46.6 Å². The number of carbonyl (C=O) groups is 1. The van der Waals surface area contributed by atoms with Gasteiger partial charge in [0.05, 0.1) is 22.8 Å². The van der Waals surface area contributed by atoms with Crippen LogP contribution in [0.2, 0.25) is 5.02 Å². The van der Waals surface area contributed by atoms with Gasteiger partial charge in [-0.1, -0.05) is 36.7 Å². The first-order valence-electron chi connectivity index (χ1n) is 8.34. The van der Waals surface area contributed by atoms with Gasteiger partial charge in [-0.15, -0.1) is 0 Å². The van der Waals surface area contributed by atoms with Crippen LogP contribution >= 0.6 is 11.6 Å². The number of fused-ring (bicyclic) bond motifs is 1. The van der Waals surface area contributed by atoms with Crippen LogP contribution in [0.3, 0.4) is 0 Å². The zero-order valence-electron chi connectivity index (χ0n) is 14.4. The summed E-state index contributed by atoms with van der Waals surface area (Å²) in [7, 11) is 0. The Balaban J connectivity index is 1.90. The molecule has 4 nitrogen and oxygen atoms in total. The van der Waals surface area contributed by atoms with Gasteiger partial charge in [-0.25, -0.2) is 0 Å². The maximum Gasteiger partial charge on any atom is 0.417 e. The third-order valence-electron chi connectivity index (χ3n) is 4.26. The first-order chi connectivity index (χ1) is 12.7. The summed E-state index contributed by atoms with van der Waals surface area (Å²) < 4.78 is 44.7. The molecule has 144 valence electrons. The van der Waals surface area contributed by atoms with E-state index in [9.17, 15) is 23.1 Å². The number of ether oxygens (including phenoxy) is 1. The van der Waals surface area contributed by atoms with Gasteiger partial charge >= 0.3 is 6.18 Å². The van der Waals surface area contributed by atoms with Crippen LogP contribution in [0.25, 0.3) is 0 Å². The Bertz CT molecular complexity index is 870. The number of alkyl halides is 3. The van der Waals surface area contributed by atoms with Crippen molar-refractivity contribution in [1.29, 1.82) is 0 Å². The molecular weight excluding hydrogens is 383 g/mol. The Hall–Kier alpha value is -2.25. The third kappa shape index (κ3) is 3.75. The van der Waals surface area contributed by atoms with Crippen LogP contribution in [-0.4, -0.2) is 22.5 Å². The van der Waals surface area contributed by atoms with Crippen molar-refractivity contribution in [2.24, 2.45) is 0 Å². The molecule has 2 aromatic rings. The molecule has 0 bridgehead atoms. The van der Waals surface area contributed by atoms with E-state index in [0.717, 1.165) is 23.5 Å². The number of aliphatic hydroxyl groups excluding tert-OH is 1. The van der Waals surface area contributed by atoms with Crippen molar-refractivity contribution in [1.82, 2.24) is 4.90 Å². The highest BCUT2D eigenvalue weighted by Gasteiger charge is 2.39. The minimum Gasteiger partial charge on any atom is -0.493 e. The number of nitrogens with zero attached hydrogens (tertiary/aromatic N) is 1. The smallest absolute Gasteiger partial charge is 0.417 e. The zero-order chi connectivity index (χ0) is 19.8. The second kappa shape index (κ2) is 7.40. The van der Waals surface area contributed by atoms with Crippen LogP contribution < -0.4 is 4.74 Å². The van der Waals surface area contributed by atoms with E-state index in [1.165, 1.54) is 6.07 Å². The summed E-state index contributed by atoms with van der Waals surface area (Å²) in [5, 5.41) is 10.1. The fourth-order valence-electron chi connectivity index (χ4n) is 2.99. The predicted molar refractivity (Wildman–Crippen MR) is 93.5 cm³/mol. The van der Waals surface area contributed by atoms with E-state index >= 15 is 0 Å². The number of aliphatic hydroxyl groups is 1. The third-order valence-corrected chi connectivity index (χ3v) is 4.59. The average molecular weight is 400 g/mol. The second-order valence-electron chi connectivity index (χ2n) is 6.19. The molecule has 0 fully saturated rings. The quantitative estimate of drug-likeness (QED) is 0.786. The van der Waals surface area contributed by atoms with Gasteiger partial charge in [0.1, 0.15) is 5.75 Å². The fourth-order valence-corrected chi connectivity index (χ4v) is 3.21. The number of hydrogen-bond donors (Lipinski definition) is 1. The highest BCUT2D eigenvalue weighted by Crippen LogP contribution is 2.39. The van der Waals surface area contributed by atoms with E-state index in [-0.39, 0.29) is 17.7 Å². The highest BCUT2D eigenvalue weighted by atomic mass is 35.5.